The minimum Gasteiger partial charge on any atom is -0.497 e. The van der Waals surface area contributed by atoms with E-state index in [1.807, 2.05) is 54.5 Å². The van der Waals surface area contributed by atoms with E-state index in [0.29, 0.717) is 21.4 Å². The first kappa shape index (κ1) is 21.5. The van der Waals surface area contributed by atoms with Crippen molar-refractivity contribution in [1.82, 2.24) is 10.4 Å². The number of anilines is 1. The number of carbonyl (C=O) groups is 1. The van der Waals surface area contributed by atoms with Gasteiger partial charge in [0.2, 0.25) is 0 Å². The van der Waals surface area contributed by atoms with Crippen LogP contribution in [0.25, 0.3) is 0 Å². The van der Waals surface area contributed by atoms with Gasteiger partial charge in [0.25, 0.3) is 5.91 Å². The number of carbonyl (C=O) groups excluding carboxylic acids is 1. The van der Waals surface area contributed by atoms with E-state index < -0.39 is 0 Å². The SMILES string of the molecule is COc1ccc(C2C(C)C(C(=O)NN3C=CCCC3)=NN2c2ccc(Cl)cc2Cl)cc1. The van der Waals surface area contributed by atoms with E-state index in [1.54, 1.807) is 24.3 Å². The molecule has 2 unspecified atom stereocenters. The van der Waals surface area contributed by atoms with Gasteiger partial charge < -0.3 is 4.74 Å². The van der Waals surface area contributed by atoms with Crippen LogP contribution in [0.15, 0.2) is 59.8 Å². The Morgan fingerprint density at radius 2 is 1.97 bits per heavy atom. The van der Waals surface area contributed by atoms with E-state index in [4.69, 9.17) is 33.0 Å². The van der Waals surface area contributed by atoms with Crippen LogP contribution in [0.1, 0.15) is 31.4 Å². The molecule has 162 valence electrons. The first-order valence-electron chi connectivity index (χ1n) is 10.2. The Bertz CT molecular complexity index is 1020. The van der Waals surface area contributed by atoms with Crippen LogP contribution >= 0.6 is 23.2 Å². The molecular weight excluding hydrogens is 435 g/mol. The standard InChI is InChI=1S/C23H24Cl2N4O2/c1-15-21(23(30)27-28-12-4-3-5-13-28)26-29(20-11-8-17(24)14-19(20)25)22(15)16-6-9-18(31-2)10-7-16/h4,6-12,14-15,22H,3,5,13H2,1-2H3,(H,27,30). The number of nitrogens with one attached hydrogen (secondary N) is 1. The van der Waals surface area contributed by atoms with Gasteiger partial charge >= 0.3 is 0 Å². The number of hydrazine groups is 1. The number of allylic oxidation sites excluding steroid dienone is 1. The minimum absolute atomic E-state index is 0.172. The van der Waals surface area contributed by atoms with E-state index in [0.717, 1.165) is 30.7 Å². The molecule has 1 amide bonds. The molecule has 8 heteroatoms. The topological polar surface area (TPSA) is 57.2 Å². The summed E-state index contributed by atoms with van der Waals surface area (Å²) in [6.07, 6.45) is 5.96. The van der Waals surface area contributed by atoms with Gasteiger partial charge in [-0.2, -0.15) is 5.10 Å². The molecule has 2 aliphatic heterocycles. The maximum atomic E-state index is 13.1. The van der Waals surface area contributed by atoms with Crippen molar-refractivity contribution in [2.24, 2.45) is 11.0 Å². The number of nitrogens with zero attached hydrogens (tertiary/aromatic N) is 3. The molecule has 2 aromatic rings. The minimum atomic E-state index is -0.217. The smallest absolute Gasteiger partial charge is 0.286 e. The van der Waals surface area contributed by atoms with Crippen molar-refractivity contribution < 1.29 is 9.53 Å². The maximum Gasteiger partial charge on any atom is 0.286 e. The molecule has 0 saturated heterocycles. The Morgan fingerprint density at radius 1 is 1.19 bits per heavy atom. The van der Waals surface area contributed by atoms with E-state index in [-0.39, 0.29) is 17.9 Å². The first-order valence-corrected chi connectivity index (χ1v) is 10.9. The monoisotopic (exact) mass is 458 g/mol. The second-order valence-corrected chi connectivity index (χ2v) is 8.44. The Labute approximate surface area is 192 Å². The van der Waals surface area contributed by atoms with Crippen molar-refractivity contribution in [2.45, 2.75) is 25.8 Å². The lowest BCUT2D eigenvalue weighted by atomic mass is 9.91. The summed E-state index contributed by atoms with van der Waals surface area (Å²) in [5, 5.41) is 9.36. The number of ether oxygens (including phenoxy) is 1. The molecule has 6 nitrogen and oxygen atoms in total. The summed E-state index contributed by atoms with van der Waals surface area (Å²) >= 11 is 12.6. The van der Waals surface area contributed by atoms with Crippen molar-refractivity contribution >= 4 is 40.5 Å². The van der Waals surface area contributed by atoms with Gasteiger partial charge in [0, 0.05) is 23.7 Å². The Kier molecular flexibility index (Phi) is 6.39. The quantitative estimate of drug-likeness (QED) is 0.668. The predicted octanol–water partition coefficient (Wildman–Crippen LogP) is 5.20. The van der Waals surface area contributed by atoms with E-state index >= 15 is 0 Å². The van der Waals surface area contributed by atoms with Crippen LogP contribution in [0, 0.1) is 5.92 Å². The number of hydrogen-bond acceptors (Lipinski definition) is 5. The number of hydrazone groups is 1. The molecule has 1 N–H and O–H groups in total. The molecular formula is C23H24Cl2N4O2. The van der Waals surface area contributed by atoms with E-state index in [9.17, 15) is 4.79 Å². The van der Waals surface area contributed by atoms with Crippen LogP contribution in [0.4, 0.5) is 5.69 Å². The number of amides is 1. The third-order valence-corrected chi connectivity index (χ3v) is 6.07. The fourth-order valence-corrected chi connectivity index (χ4v) is 4.42. The van der Waals surface area contributed by atoms with Crippen LogP contribution in [-0.4, -0.2) is 30.3 Å². The van der Waals surface area contributed by atoms with Gasteiger partial charge in [0.15, 0.2) is 0 Å². The number of benzene rings is 2. The van der Waals surface area contributed by atoms with Crippen LogP contribution in [0.3, 0.4) is 0 Å². The lowest BCUT2D eigenvalue weighted by Crippen LogP contribution is -2.44. The Balaban J connectivity index is 1.69. The zero-order chi connectivity index (χ0) is 22.0. The summed E-state index contributed by atoms with van der Waals surface area (Å²) in [6.45, 7) is 2.78. The summed E-state index contributed by atoms with van der Waals surface area (Å²) in [6, 6.07) is 12.8. The number of methoxy groups -OCH3 is 1. The van der Waals surface area contributed by atoms with Gasteiger partial charge in [-0.05, 0) is 48.7 Å². The van der Waals surface area contributed by atoms with Crippen molar-refractivity contribution in [3.63, 3.8) is 0 Å². The summed E-state index contributed by atoms with van der Waals surface area (Å²) in [7, 11) is 1.63. The summed E-state index contributed by atoms with van der Waals surface area (Å²) in [5.74, 6) is 0.375. The summed E-state index contributed by atoms with van der Waals surface area (Å²) in [4.78, 5) is 13.1. The van der Waals surface area contributed by atoms with E-state index in [2.05, 4.69) is 5.43 Å². The molecule has 0 fully saturated rings. The molecule has 0 aromatic heterocycles. The lowest BCUT2D eigenvalue weighted by molar-refractivity contribution is -0.118. The number of rotatable bonds is 5. The second kappa shape index (κ2) is 9.20. The van der Waals surface area contributed by atoms with Crippen molar-refractivity contribution in [1.29, 1.82) is 0 Å². The van der Waals surface area contributed by atoms with Gasteiger partial charge in [0.05, 0.1) is 23.9 Å². The van der Waals surface area contributed by atoms with Gasteiger partial charge in [-0.25, -0.2) is 0 Å². The van der Waals surface area contributed by atoms with Crippen LogP contribution in [-0.2, 0) is 4.79 Å². The van der Waals surface area contributed by atoms with Crippen molar-refractivity contribution in [3.8, 4) is 5.75 Å². The molecule has 31 heavy (non-hydrogen) atoms. The molecule has 0 bridgehead atoms. The molecule has 2 heterocycles. The predicted molar refractivity (Wildman–Crippen MR) is 124 cm³/mol. The van der Waals surface area contributed by atoms with E-state index in [1.165, 1.54) is 0 Å². The fourth-order valence-electron chi connectivity index (χ4n) is 3.92. The molecule has 2 aliphatic rings. The first-order chi connectivity index (χ1) is 15.0. The second-order valence-electron chi connectivity index (χ2n) is 7.59. The molecule has 0 saturated carbocycles. The van der Waals surface area contributed by atoms with Crippen LogP contribution < -0.4 is 15.2 Å². The highest BCUT2D eigenvalue weighted by atomic mass is 35.5. The van der Waals surface area contributed by atoms with Crippen LogP contribution in [0.2, 0.25) is 10.0 Å². The van der Waals surface area contributed by atoms with Gasteiger partial charge in [0.1, 0.15) is 11.5 Å². The molecule has 4 rings (SSSR count). The average molecular weight is 459 g/mol. The van der Waals surface area contributed by atoms with Gasteiger partial charge in [-0.3, -0.25) is 20.2 Å². The third kappa shape index (κ3) is 4.50. The third-order valence-electron chi connectivity index (χ3n) is 5.53. The zero-order valence-electron chi connectivity index (χ0n) is 17.4. The highest BCUT2D eigenvalue weighted by Crippen LogP contribution is 2.42. The van der Waals surface area contributed by atoms with Gasteiger partial charge in [-0.15, -0.1) is 0 Å². The Morgan fingerprint density at radius 3 is 2.61 bits per heavy atom. The molecule has 2 aromatic carbocycles. The van der Waals surface area contributed by atoms with Crippen molar-refractivity contribution in [3.05, 3.63) is 70.3 Å². The largest absolute Gasteiger partial charge is 0.497 e. The lowest BCUT2D eigenvalue weighted by Gasteiger charge is -2.28. The summed E-state index contributed by atoms with van der Waals surface area (Å²) < 4.78 is 5.29. The number of halogens is 2. The normalized spacial score (nSPS) is 20.6. The molecule has 0 radical (unpaired) electrons. The highest BCUT2D eigenvalue weighted by Gasteiger charge is 2.40. The molecule has 0 aliphatic carbocycles. The summed E-state index contributed by atoms with van der Waals surface area (Å²) in [5.41, 5.74) is 5.10. The van der Waals surface area contributed by atoms with Gasteiger partial charge in [-0.1, -0.05) is 48.3 Å². The molecule has 2 atom stereocenters. The maximum absolute atomic E-state index is 13.1. The fraction of sp³-hybridized carbons (Fsp3) is 0.304. The van der Waals surface area contributed by atoms with Crippen molar-refractivity contribution in [2.75, 3.05) is 18.7 Å². The highest BCUT2D eigenvalue weighted by molar-refractivity contribution is 6.41. The molecule has 0 spiro atoms. The number of hydrogen-bond donors (Lipinski definition) is 1. The van der Waals surface area contributed by atoms with Crippen LogP contribution in [0.5, 0.6) is 5.75 Å². The average Bonchev–Trinajstić information content (AvgIpc) is 3.11. The Hall–Kier alpha value is -2.70. The zero-order valence-corrected chi connectivity index (χ0v) is 18.9.